The second kappa shape index (κ2) is 11.4. The predicted octanol–water partition coefficient (Wildman–Crippen LogP) is 3.26. The Hall–Kier alpha value is -4.08. The molecule has 0 aliphatic heterocycles. The summed E-state index contributed by atoms with van der Waals surface area (Å²) in [5.41, 5.74) is 13.8. The van der Waals surface area contributed by atoms with Crippen molar-refractivity contribution in [1.82, 2.24) is 5.32 Å². The lowest BCUT2D eigenvalue weighted by Crippen LogP contribution is -2.32. The molecule has 35 heavy (non-hydrogen) atoms. The maximum Gasteiger partial charge on any atom is 0.414 e. The molecule has 0 radical (unpaired) electrons. The molecule has 5 N–H and O–H groups in total. The average Bonchev–Trinajstić information content (AvgIpc) is 2.77. The molecular weight excluding hydrogens is 454 g/mol. The van der Waals surface area contributed by atoms with Gasteiger partial charge in [0.2, 0.25) is 0 Å². The number of benzene rings is 2. The summed E-state index contributed by atoms with van der Waals surface area (Å²) >= 11 is 0. The number of imide groups is 1. The third-order valence-corrected chi connectivity index (χ3v) is 4.86. The largest absolute Gasteiger partial charge is 0.465 e. The minimum Gasteiger partial charge on any atom is -0.465 e. The van der Waals surface area contributed by atoms with E-state index in [0.29, 0.717) is 29.7 Å². The molecule has 10 heteroatoms. The van der Waals surface area contributed by atoms with E-state index in [9.17, 15) is 19.2 Å². The summed E-state index contributed by atoms with van der Waals surface area (Å²) in [5, 5.41) is 2.07. The van der Waals surface area contributed by atoms with Crippen LogP contribution in [-0.2, 0) is 27.1 Å². The number of rotatable bonds is 7. The first-order valence-corrected chi connectivity index (χ1v) is 11.0. The predicted molar refractivity (Wildman–Crippen MR) is 130 cm³/mol. The minimum absolute atomic E-state index is 0.0735. The highest BCUT2D eigenvalue weighted by molar-refractivity contribution is 6.10. The van der Waals surface area contributed by atoms with E-state index in [4.69, 9.17) is 25.7 Å². The van der Waals surface area contributed by atoms with Crippen molar-refractivity contribution in [2.75, 3.05) is 25.2 Å². The van der Waals surface area contributed by atoms with Crippen LogP contribution in [0, 0.1) is 0 Å². The van der Waals surface area contributed by atoms with E-state index < -0.39 is 29.5 Å². The van der Waals surface area contributed by atoms with Gasteiger partial charge in [0.15, 0.2) is 0 Å². The normalized spacial score (nSPS) is 10.9. The zero-order valence-corrected chi connectivity index (χ0v) is 20.5. The lowest BCUT2D eigenvalue weighted by atomic mass is 9.96. The first-order valence-electron chi connectivity index (χ1n) is 11.0. The Bertz CT molecular complexity index is 1140. The number of nitrogen functional groups attached to an aromatic ring is 2. The summed E-state index contributed by atoms with van der Waals surface area (Å²) < 4.78 is 14.8. The molecular formula is C25H31N3O7. The Morgan fingerprint density at radius 3 is 2.09 bits per heavy atom. The second-order valence-corrected chi connectivity index (χ2v) is 8.68. The molecule has 188 valence electrons. The number of ether oxygens (including phenoxy) is 3. The molecule has 0 bridgehead atoms. The van der Waals surface area contributed by atoms with Crippen molar-refractivity contribution < 1.29 is 33.4 Å². The molecule has 0 aliphatic carbocycles. The Morgan fingerprint density at radius 2 is 1.51 bits per heavy atom. The number of carbonyl (C=O) groups is 4. The van der Waals surface area contributed by atoms with Crippen LogP contribution in [0.15, 0.2) is 30.3 Å². The van der Waals surface area contributed by atoms with Crippen molar-refractivity contribution in [3.8, 4) is 0 Å². The van der Waals surface area contributed by atoms with Gasteiger partial charge in [-0.1, -0.05) is 6.07 Å². The van der Waals surface area contributed by atoms with Gasteiger partial charge < -0.3 is 25.7 Å². The SMILES string of the molecule is CCOC(=O)NC(=O)c1cc(CCc2ccc(C(=O)OC(C)(C)C)cc2N)c(N)cc1C(=O)OC. The Morgan fingerprint density at radius 1 is 0.886 bits per heavy atom. The summed E-state index contributed by atoms with van der Waals surface area (Å²) in [6, 6.07) is 7.66. The van der Waals surface area contributed by atoms with Crippen LogP contribution in [0.4, 0.5) is 16.2 Å². The van der Waals surface area contributed by atoms with Crippen molar-refractivity contribution >= 4 is 35.3 Å². The number of alkyl carbamates (subject to hydrolysis) is 1. The molecule has 2 amide bonds. The number of hydrogen-bond donors (Lipinski definition) is 3. The van der Waals surface area contributed by atoms with E-state index in [2.05, 4.69) is 5.32 Å². The molecule has 0 saturated heterocycles. The van der Waals surface area contributed by atoms with Crippen LogP contribution in [0.5, 0.6) is 0 Å². The molecule has 0 aliphatic rings. The maximum absolute atomic E-state index is 12.6. The molecule has 10 nitrogen and oxygen atoms in total. The van der Waals surface area contributed by atoms with Crippen molar-refractivity contribution in [3.63, 3.8) is 0 Å². The number of anilines is 2. The van der Waals surface area contributed by atoms with Gasteiger partial charge in [0, 0.05) is 11.4 Å². The zero-order chi connectivity index (χ0) is 26.3. The quantitative estimate of drug-likeness (QED) is 0.304. The Kier molecular flexibility index (Phi) is 8.82. The number of nitrogens with one attached hydrogen (secondary N) is 1. The van der Waals surface area contributed by atoms with E-state index in [-0.39, 0.29) is 23.4 Å². The highest BCUT2D eigenvalue weighted by Crippen LogP contribution is 2.24. The molecule has 2 aromatic carbocycles. The van der Waals surface area contributed by atoms with Crippen LogP contribution in [-0.4, -0.2) is 43.3 Å². The van der Waals surface area contributed by atoms with Gasteiger partial charge in [-0.2, -0.15) is 0 Å². The van der Waals surface area contributed by atoms with Gasteiger partial charge in [-0.25, -0.2) is 14.4 Å². The highest BCUT2D eigenvalue weighted by atomic mass is 16.6. The lowest BCUT2D eigenvalue weighted by Gasteiger charge is -2.19. The molecule has 0 unspecified atom stereocenters. The van der Waals surface area contributed by atoms with Crippen LogP contribution in [0.2, 0.25) is 0 Å². The van der Waals surface area contributed by atoms with Crippen LogP contribution in [0.3, 0.4) is 0 Å². The maximum atomic E-state index is 12.6. The number of amides is 2. The van der Waals surface area contributed by atoms with Gasteiger partial charge in [0.05, 0.1) is 30.4 Å². The fourth-order valence-electron chi connectivity index (χ4n) is 3.23. The lowest BCUT2D eigenvalue weighted by molar-refractivity contribution is 0.00691. The first-order chi connectivity index (χ1) is 16.4. The Balaban J connectivity index is 2.28. The van der Waals surface area contributed by atoms with Crippen molar-refractivity contribution in [2.45, 2.75) is 46.1 Å². The van der Waals surface area contributed by atoms with E-state index in [1.807, 2.05) is 0 Å². The van der Waals surface area contributed by atoms with Crippen LogP contribution >= 0.6 is 0 Å². The number of aryl methyl sites for hydroxylation is 2. The molecule has 2 rings (SSSR count). The smallest absolute Gasteiger partial charge is 0.414 e. The number of carbonyl (C=O) groups excluding carboxylic acids is 4. The summed E-state index contributed by atoms with van der Waals surface area (Å²) in [5.74, 6) is -2.08. The number of nitrogens with two attached hydrogens (primary N) is 2. The van der Waals surface area contributed by atoms with Crippen LogP contribution in [0.25, 0.3) is 0 Å². The van der Waals surface area contributed by atoms with Gasteiger partial charge in [-0.05, 0) is 75.9 Å². The van der Waals surface area contributed by atoms with Crippen LogP contribution in [0.1, 0.15) is 69.9 Å². The fourth-order valence-corrected chi connectivity index (χ4v) is 3.23. The summed E-state index contributed by atoms with van der Waals surface area (Å²) in [6.45, 7) is 7.00. The molecule has 2 aromatic rings. The van der Waals surface area contributed by atoms with Gasteiger partial charge in [-0.15, -0.1) is 0 Å². The second-order valence-electron chi connectivity index (χ2n) is 8.68. The summed E-state index contributed by atoms with van der Waals surface area (Å²) in [6.07, 6.45) is -0.145. The topological polar surface area (TPSA) is 160 Å². The van der Waals surface area contributed by atoms with E-state index in [1.165, 1.54) is 19.2 Å². The van der Waals surface area contributed by atoms with Crippen molar-refractivity contribution in [3.05, 3.63) is 58.1 Å². The molecule has 0 aromatic heterocycles. The van der Waals surface area contributed by atoms with Crippen molar-refractivity contribution in [2.24, 2.45) is 0 Å². The van der Waals surface area contributed by atoms with Crippen LogP contribution < -0.4 is 16.8 Å². The first kappa shape index (κ1) is 27.2. The number of esters is 2. The van der Waals surface area contributed by atoms with Gasteiger partial charge in [0.25, 0.3) is 5.91 Å². The summed E-state index contributed by atoms with van der Waals surface area (Å²) in [4.78, 5) is 48.8. The molecule has 0 heterocycles. The van der Waals surface area contributed by atoms with E-state index >= 15 is 0 Å². The monoisotopic (exact) mass is 485 g/mol. The average molecular weight is 486 g/mol. The minimum atomic E-state index is -0.940. The van der Waals surface area contributed by atoms with Gasteiger partial charge in [0.1, 0.15) is 5.60 Å². The zero-order valence-electron chi connectivity index (χ0n) is 20.5. The summed E-state index contributed by atoms with van der Waals surface area (Å²) in [7, 11) is 1.17. The standard InChI is InChI=1S/C25H31N3O7/c1-6-34-24(32)28-21(29)17-11-15(20(27)13-18(17)23(31)33-5)9-7-14-8-10-16(12-19(14)26)22(30)35-25(2,3)4/h8,10-13H,6-7,9,26-27H2,1-5H3,(H,28,29,32). The van der Waals surface area contributed by atoms with E-state index in [0.717, 1.165) is 5.56 Å². The molecule has 0 saturated carbocycles. The highest BCUT2D eigenvalue weighted by Gasteiger charge is 2.23. The van der Waals surface area contributed by atoms with Crippen molar-refractivity contribution in [1.29, 1.82) is 0 Å². The van der Waals surface area contributed by atoms with Gasteiger partial charge >= 0.3 is 18.0 Å². The molecule has 0 spiro atoms. The number of methoxy groups -OCH3 is 1. The fraction of sp³-hybridized carbons (Fsp3) is 0.360. The molecule has 0 fully saturated rings. The van der Waals surface area contributed by atoms with E-state index in [1.54, 1.807) is 45.9 Å². The van der Waals surface area contributed by atoms with Gasteiger partial charge in [-0.3, -0.25) is 10.1 Å². The third kappa shape index (κ3) is 7.46. The number of hydrogen-bond acceptors (Lipinski definition) is 9. The molecule has 0 atom stereocenters. The third-order valence-electron chi connectivity index (χ3n) is 4.86. The Labute approximate surface area is 203 Å².